The smallest absolute Gasteiger partial charge is 0.276 e. The van der Waals surface area contributed by atoms with E-state index in [-0.39, 0.29) is 18.4 Å². The van der Waals surface area contributed by atoms with Crippen molar-refractivity contribution in [2.45, 2.75) is 63.7 Å². The highest BCUT2D eigenvalue weighted by Crippen LogP contribution is 2.49. The lowest BCUT2D eigenvalue weighted by Gasteiger charge is -2.38. The highest BCUT2D eigenvalue weighted by atomic mass is 16.5. The van der Waals surface area contributed by atoms with Crippen molar-refractivity contribution >= 4 is 11.8 Å². The first-order valence-electron chi connectivity index (χ1n) is 7.93. The van der Waals surface area contributed by atoms with Crippen molar-refractivity contribution in [3.05, 3.63) is 17.8 Å². The van der Waals surface area contributed by atoms with Gasteiger partial charge in [-0.3, -0.25) is 9.59 Å². The van der Waals surface area contributed by atoms with E-state index in [2.05, 4.69) is 4.98 Å². The van der Waals surface area contributed by atoms with Crippen LogP contribution in [0.5, 0.6) is 0 Å². The Morgan fingerprint density at radius 3 is 2.83 bits per heavy atom. The maximum absolute atomic E-state index is 13.0. The minimum Gasteiger partial charge on any atom is -0.448 e. The van der Waals surface area contributed by atoms with Crippen LogP contribution in [0.1, 0.15) is 55.8 Å². The molecule has 0 aromatic carbocycles. The molecular weight excluding hydrogens is 298 g/mol. The van der Waals surface area contributed by atoms with Gasteiger partial charge in [0.05, 0.1) is 23.7 Å². The first-order valence-corrected chi connectivity index (χ1v) is 7.93. The topological polar surface area (TPSA) is 98.7 Å². The fourth-order valence-electron chi connectivity index (χ4n) is 4.16. The Hall–Kier alpha value is -1.89. The number of aromatic nitrogens is 1. The standard InChI is InChI=1S/C16H23N3O4/c1-10-13(18-9-22-10)14(21)19-6-4-5-16(19)8-15(2,3)23-11(16)7-12(17)20/h9,11H,4-8H2,1-3H3,(H2,17,20)/t11-,16+/m0/s1. The Bertz CT molecular complexity index is 639. The molecule has 2 saturated heterocycles. The summed E-state index contributed by atoms with van der Waals surface area (Å²) in [5, 5.41) is 0. The van der Waals surface area contributed by atoms with Gasteiger partial charge in [0, 0.05) is 13.0 Å². The van der Waals surface area contributed by atoms with Gasteiger partial charge in [-0.2, -0.15) is 0 Å². The fourth-order valence-corrected chi connectivity index (χ4v) is 4.16. The van der Waals surface area contributed by atoms with Crippen LogP contribution in [0.2, 0.25) is 0 Å². The van der Waals surface area contributed by atoms with Crippen LogP contribution in [0.25, 0.3) is 0 Å². The van der Waals surface area contributed by atoms with Crippen molar-refractivity contribution in [2.75, 3.05) is 6.54 Å². The molecule has 2 fully saturated rings. The predicted octanol–water partition coefficient (Wildman–Crippen LogP) is 1.40. The van der Waals surface area contributed by atoms with Crippen LogP contribution in [-0.2, 0) is 9.53 Å². The van der Waals surface area contributed by atoms with Gasteiger partial charge in [-0.1, -0.05) is 0 Å². The highest BCUT2D eigenvalue weighted by molar-refractivity contribution is 5.94. The quantitative estimate of drug-likeness (QED) is 0.907. The fraction of sp³-hybridized carbons (Fsp3) is 0.688. The van der Waals surface area contributed by atoms with E-state index in [9.17, 15) is 9.59 Å². The third kappa shape index (κ3) is 2.63. The molecule has 1 aromatic rings. The number of hydrogen-bond donors (Lipinski definition) is 1. The van der Waals surface area contributed by atoms with Crippen molar-refractivity contribution in [1.82, 2.24) is 9.88 Å². The number of nitrogens with two attached hydrogens (primary N) is 1. The molecule has 2 N–H and O–H groups in total. The molecule has 0 radical (unpaired) electrons. The molecule has 7 nitrogen and oxygen atoms in total. The summed E-state index contributed by atoms with van der Waals surface area (Å²) in [6.45, 7) is 6.31. The number of hydrogen-bond acceptors (Lipinski definition) is 5. The van der Waals surface area contributed by atoms with Gasteiger partial charge in [0.25, 0.3) is 5.91 Å². The van der Waals surface area contributed by atoms with E-state index in [0.717, 1.165) is 12.8 Å². The molecule has 2 atom stereocenters. The largest absolute Gasteiger partial charge is 0.448 e. The van der Waals surface area contributed by atoms with Crippen LogP contribution < -0.4 is 5.73 Å². The van der Waals surface area contributed by atoms with E-state index in [4.69, 9.17) is 14.9 Å². The summed E-state index contributed by atoms with van der Waals surface area (Å²) in [5.74, 6) is -0.0739. The lowest BCUT2D eigenvalue weighted by atomic mass is 9.82. The zero-order chi connectivity index (χ0) is 16.8. The van der Waals surface area contributed by atoms with Crippen LogP contribution in [-0.4, -0.2) is 45.5 Å². The summed E-state index contributed by atoms with van der Waals surface area (Å²) in [5.41, 5.74) is 4.83. The summed E-state index contributed by atoms with van der Waals surface area (Å²) in [6, 6.07) is 0. The zero-order valence-corrected chi connectivity index (χ0v) is 13.8. The molecular formula is C16H23N3O4. The summed E-state index contributed by atoms with van der Waals surface area (Å²) in [6.07, 6.45) is 3.37. The Morgan fingerprint density at radius 2 is 2.22 bits per heavy atom. The molecule has 2 amide bonds. The summed E-state index contributed by atoms with van der Waals surface area (Å²) < 4.78 is 11.3. The van der Waals surface area contributed by atoms with Gasteiger partial charge >= 0.3 is 0 Å². The monoisotopic (exact) mass is 321 g/mol. The first-order chi connectivity index (χ1) is 10.8. The Kier molecular flexibility index (Phi) is 3.71. The number of likely N-dealkylation sites (tertiary alicyclic amines) is 1. The van der Waals surface area contributed by atoms with E-state index >= 15 is 0 Å². The van der Waals surface area contributed by atoms with Crippen molar-refractivity contribution in [1.29, 1.82) is 0 Å². The predicted molar refractivity (Wildman–Crippen MR) is 81.6 cm³/mol. The Balaban J connectivity index is 1.96. The molecule has 126 valence electrons. The lowest BCUT2D eigenvalue weighted by Crippen LogP contribution is -2.53. The molecule has 2 aliphatic rings. The van der Waals surface area contributed by atoms with Crippen molar-refractivity contribution in [2.24, 2.45) is 5.73 Å². The second kappa shape index (κ2) is 5.33. The van der Waals surface area contributed by atoms with E-state index in [1.807, 2.05) is 18.7 Å². The number of primary amides is 1. The highest BCUT2D eigenvalue weighted by Gasteiger charge is 2.58. The van der Waals surface area contributed by atoms with Crippen molar-refractivity contribution < 1.29 is 18.7 Å². The number of nitrogens with zero attached hydrogens (tertiary/aromatic N) is 2. The Morgan fingerprint density at radius 1 is 1.48 bits per heavy atom. The molecule has 1 spiro atoms. The zero-order valence-electron chi connectivity index (χ0n) is 13.8. The number of aryl methyl sites for hydroxylation is 1. The first kappa shape index (κ1) is 16.0. The van der Waals surface area contributed by atoms with E-state index in [1.54, 1.807) is 6.92 Å². The number of oxazole rings is 1. The number of carbonyl (C=O) groups is 2. The molecule has 0 saturated carbocycles. The van der Waals surface area contributed by atoms with Crippen molar-refractivity contribution in [3.63, 3.8) is 0 Å². The van der Waals surface area contributed by atoms with Crippen LogP contribution in [0.3, 0.4) is 0 Å². The number of amides is 2. The summed E-state index contributed by atoms with van der Waals surface area (Å²) in [7, 11) is 0. The molecule has 3 rings (SSSR count). The second-order valence-electron chi connectivity index (χ2n) is 7.13. The molecule has 0 unspecified atom stereocenters. The number of carbonyl (C=O) groups excluding carboxylic acids is 2. The van der Waals surface area contributed by atoms with E-state index < -0.39 is 17.0 Å². The average molecular weight is 321 g/mol. The van der Waals surface area contributed by atoms with Gasteiger partial charge < -0.3 is 19.8 Å². The molecule has 3 heterocycles. The molecule has 0 aliphatic carbocycles. The number of rotatable bonds is 3. The van der Waals surface area contributed by atoms with Crippen LogP contribution in [0, 0.1) is 6.92 Å². The minimum absolute atomic E-state index is 0.116. The third-order valence-electron chi connectivity index (χ3n) is 4.90. The Labute approximate surface area is 135 Å². The van der Waals surface area contributed by atoms with Crippen LogP contribution in [0.15, 0.2) is 10.8 Å². The summed E-state index contributed by atoms with van der Waals surface area (Å²) in [4.78, 5) is 30.3. The molecule has 23 heavy (non-hydrogen) atoms. The van der Waals surface area contributed by atoms with Gasteiger partial charge in [-0.25, -0.2) is 4.98 Å². The van der Waals surface area contributed by atoms with Gasteiger partial charge in [0.2, 0.25) is 5.91 Å². The van der Waals surface area contributed by atoms with Crippen LogP contribution >= 0.6 is 0 Å². The van der Waals surface area contributed by atoms with Gasteiger partial charge in [0.1, 0.15) is 5.76 Å². The second-order valence-corrected chi connectivity index (χ2v) is 7.13. The third-order valence-corrected chi connectivity index (χ3v) is 4.90. The summed E-state index contributed by atoms with van der Waals surface area (Å²) >= 11 is 0. The molecule has 7 heteroatoms. The SMILES string of the molecule is Cc1ocnc1C(=O)N1CCC[C@]12CC(C)(C)O[C@H]2CC(N)=O. The number of ether oxygens (including phenoxy) is 1. The average Bonchev–Trinajstić information content (AvgIpc) is 3.08. The van der Waals surface area contributed by atoms with Gasteiger partial charge in [-0.15, -0.1) is 0 Å². The molecule has 1 aromatic heterocycles. The van der Waals surface area contributed by atoms with E-state index in [0.29, 0.717) is 24.4 Å². The van der Waals surface area contributed by atoms with Gasteiger partial charge in [0.15, 0.2) is 12.1 Å². The van der Waals surface area contributed by atoms with Crippen molar-refractivity contribution in [3.8, 4) is 0 Å². The minimum atomic E-state index is -0.499. The maximum atomic E-state index is 13.0. The van der Waals surface area contributed by atoms with E-state index in [1.165, 1.54) is 6.39 Å². The van der Waals surface area contributed by atoms with Crippen LogP contribution in [0.4, 0.5) is 0 Å². The molecule has 2 aliphatic heterocycles. The lowest BCUT2D eigenvalue weighted by molar-refractivity contribution is -0.123. The maximum Gasteiger partial charge on any atom is 0.276 e. The molecule has 0 bridgehead atoms. The van der Waals surface area contributed by atoms with Gasteiger partial charge in [-0.05, 0) is 33.6 Å². The normalized spacial score (nSPS) is 29.3.